The first-order chi connectivity index (χ1) is 11.8. The minimum Gasteiger partial charge on any atom is -0.459 e. The number of carbonyl (C=O) groups excluding carboxylic acids is 2. The maximum absolute atomic E-state index is 12.7. The Kier molecular flexibility index (Phi) is 5.06. The monoisotopic (exact) mass is 422 g/mol. The van der Waals surface area contributed by atoms with Gasteiger partial charge in [0.1, 0.15) is 0 Å². The standard InChI is InChI=1S/C18H19BrN2O3S/c1-9(2)24-17(23)14-10(3)20-18-21(16(22)11(4)25-18)15(14)12-5-7-13(19)8-6-12/h5-9,11,15H,1-4H3/t11-,15+/m0/s1. The number of nitrogens with zero attached hydrogens (tertiary/aromatic N) is 2. The van der Waals surface area contributed by atoms with E-state index in [1.807, 2.05) is 31.2 Å². The third kappa shape index (κ3) is 3.40. The normalized spacial score (nSPS) is 23.0. The zero-order chi connectivity index (χ0) is 18.3. The van der Waals surface area contributed by atoms with Gasteiger partial charge in [-0.25, -0.2) is 9.79 Å². The van der Waals surface area contributed by atoms with Gasteiger partial charge in [-0.05, 0) is 45.4 Å². The van der Waals surface area contributed by atoms with Crippen LogP contribution in [0.25, 0.3) is 0 Å². The number of fused-ring (bicyclic) bond motifs is 1. The largest absolute Gasteiger partial charge is 0.459 e. The lowest BCUT2D eigenvalue weighted by Crippen LogP contribution is -2.40. The van der Waals surface area contributed by atoms with E-state index in [1.165, 1.54) is 11.8 Å². The Morgan fingerprint density at radius 1 is 1.32 bits per heavy atom. The van der Waals surface area contributed by atoms with E-state index < -0.39 is 12.0 Å². The lowest BCUT2D eigenvalue weighted by atomic mass is 9.94. The fourth-order valence-corrected chi connectivity index (χ4v) is 4.20. The molecule has 1 amide bonds. The molecule has 2 aliphatic heterocycles. The number of esters is 1. The summed E-state index contributed by atoms with van der Waals surface area (Å²) in [6.07, 6.45) is -0.244. The van der Waals surface area contributed by atoms with Crippen molar-refractivity contribution in [1.82, 2.24) is 4.90 Å². The Balaban J connectivity index is 2.12. The first-order valence-electron chi connectivity index (χ1n) is 8.05. The van der Waals surface area contributed by atoms with Gasteiger partial charge in [0.05, 0.1) is 28.7 Å². The Bertz CT molecular complexity index is 786. The van der Waals surface area contributed by atoms with Crippen LogP contribution in [0.3, 0.4) is 0 Å². The van der Waals surface area contributed by atoms with Gasteiger partial charge in [0.2, 0.25) is 5.91 Å². The third-order valence-electron chi connectivity index (χ3n) is 4.01. The highest BCUT2D eigenvalue weighted by Crippen LogP contribution is 2.43. The van der Waals surface area contributed by atoms with Crippen molar-refractivity contribution in [2.75, 3.05) is 0 Å². The van der Waals surface area contributed by atoms with Crippen LogP contribution in [0, 0.1) is 0 Å². The number of amidine groups is 1. The molecule has 132 valence electrons. The maximum atomic E-state index is 12.7. The van der Waals surface area contributed by atoms with Crippen LogP contribution in [0.5, 0.6) is 0 Å². The number of hydrogen-bond acceptors (Lipinski definition) is 5. The van der Waals surface area contributed by atoms with Gasteiger partial charge in [0.25, 0.3) is 0 Å². The van der Waals surface area contributed by atoms with Gasteiger partial charge in [0, 0.05) is 4.47 Å². The zero-order valence-corrected chi connectivity index (χ0v) is 16.8. The van der Waals surface area contributed by atoms with Crippen LogP contribution in [0.15, 0.2) is 45.0 Å². The van der Waals surface area contributed by atoms with Crippen LogP contribution in [-0.2, 0) is 14.3 Å². The van der Waals surface area contributed by atoms with Crippen molar-refractivity contribution in [1.29, 1.82) is 0 Å². The molecule has 1 aromatic carbocycles. The molecule has 0 N–H and O–H groups in total. The zero-order valence-electron chi connectivity index (χ0n) is 14.4. The molecule has 5 nitrogen and oxygen atoms in total. The predicted molar refractivity (Wildman–Crippen MR) is 102 cm³/mol. The summed E-state index contributed by atoms with van der Waals surface area (Å²) in [7, 11) is 0. The fourth-order valence-electron chi connectivity index (χ4n) is 2.90. The Hall–Kier alpha value is -1.60. The Labute approximate surface area is 159 Å². The number of thioether (sulfide) groups is 1. The molecule has 3 rings (SSSR count). The number of halogens is 1. The maximum Gasteiger partial charge on any atom is 0.338 e. The second-order valence-electron chi connectivity index (χ2n) is 6.27. The predicted octanol–water partition coefficient (Wildman–Crippen LogP) is 4.05. The Morgan fingerprint density at radius 2 is 1.96 bits per heavy atom. The van der Waals surface area contributed by atoms with Gasteiger partial charge in [-0.15, -0.1) is 0 Å². The summed E-state index contributed by atoms with van der Waals surface area (Å²) in [6, 6.07) is 7.11. The molecule has 0 spiro atoms. The molecule has 0 aliphatic carbocycles. The van der Waals surface area contributed by atoms with Crippen molar-refractivity contribution >= 4 is 44.7 Å². The Morgan fingerprint density at radius 3 is 2.56 bits per heavy atom. The van der Waals surface area contributed by atoms with E-state index in [0.29, 0.717) is 16.4 Å². The minimum atomic E-state index is -0.517. The molecule has 0 bridgehead atoms. The molecule has 1 aromatic rings. The van der Waals surface area contributed by atoms with Gasteiger partial charge in [-0.2, -0.15) is 0 Å². The number of amides is 1. The summed E-state index contributed by atoms with van der Waals surface area (Å²) in [4.78, 5) is 31.6. The van der Waals surface area contributed by atoms with Gasteiger partial charge >= 0.3 is 5.97 Å². The lowest BCUT2D eigenvalue weighted by molar-refractivity contribution is -0.143. The van der Waals surface area contributed by atoms with Crippen LogP contribution in [0.4, 0.5) is 0 Å². The molecule has 7 heteroatoms. The van der Waals surface area contributed by atoms with Crippen molar-refractivity contribution in [2.45, 2.75) is 45.1 Å². The molecule has 0 saturated carbocycles. The van der Waals surface area contributed by atoms with Crippen molar-refractivity contribution in [3.63, 3.8) is 0 Å². The van der Waals surface area contributed by atoms with Crippen molar-refractivity contribution in [3.8, 4) is 0 Å². The molecule has 0 unspecified atom stereocenters. The number of hydrogen-bond donors (Lipinski definition) is 0. The number of ether oxygens (including phenoxy) is 1. The minimum absolute atomic E-state index is 0.0426. The molecular weight excluding hydrogens is 404 g/mol. The van der Waals surface area contributed by atoms with E-state index in [0.717, 1.165) is 10.0 Å². The molecule has 2 aliphatic rings. The molecule has 25 heavy (non-hydrogen) atoms. The van der Waals surface area contributed by atoms with Crippen LogP contribution < -0.4 is 0 Å². The molecular formula is C18H19BrN2O3S. The highest BCUT2D eigenvalue weighted by molar-refractivity contribution is 9.10. The summed E-state index contributed by atoms with van der Waals surface area (Å²) in [5.74, 6) is -0.473. The number of benzene rings is 1. The summed E-state index contributed by atoms with van der Waals surface area (Å²) in [5, 5.41) is 0.425. The van der Waals surface area contributed by atoms with Gasteiger partial charge in [-0.3, -0.25) is 9.69 Å². The van der Waals surface area contributed by atoms with Crippen LogP contribution in [-0.4, -0.2) is 33.3 Å². The fraction of sp³-hybridized carbons (Fsp3) is 0.389. The molecule has 1 saturated heterocycles. The highest BCUT2D eigenvalue weighted by atomic mass is 79.9. The number of rotatable bonds is 3. The average Bonchev–Trinajstić information content (AvgIpc) is 2.80. The quantitative estimate of drug-likeness (QED) is 0.689. The molecule has 1 fully saturated rings. The van der Waals surface area contributed by atoms with Crippen molar-refractivity contribution in [2.24, 2.45) is 4.99 Å². The van der Waals surface area contributed by atoms with E-state index in [1.54, 1.807) is 25.7 Å². The van der Waals surface area contributed by atoms with Crippen molar-refractivity contribution in [3.05, 3.63) is 45.6 Å². The van der Waals surface area contributed by atoms with E-state index in [2.05, 4.69) is 20.9 Å². The molecule has 0 radical (unpaired) electrons. The number of allylic oxidation sites excluding steroid dienone is 1. The van der Waals surface area contributed by atoms with Crippen LogP contribution in [0.2, 0.25) is 0 Å². The summed E-state index contributed by atoms with van der Waals surface area (Å²) in [6.45, 7) is 7.26. The molecule has 0 aromatic heterocycles. The summed E-state index contributed by atoms with van der Waals surface area (Å²) in [5.41, 5.74) is 1.87. The second kappa shape index (κ2) is 6.96. The van der Waals surface area contributed by atoms with Crippen LogP contribution in [0.1, 0.15) is 39.3 Å². The second-order valence-corrected chi connectivity index (χ2v) is 8.49. The van der Waals surface area contributed by atoms with E-state index >= 15 is 0 Å². The highest BCUT2D eigenvalue weighted by Gasteiger charge is 2.46. The SMILES string of the molecule is CC1=C(C(=O)OC(C)C)[C@@H](c2ccc(Br)cc2)N2C(=O)[C@H](C)SC2=N1. The first kappa shape index (κ1) is 18.2. The smallest absolute Gasteiger partial charge is 0.338 e. The average molecular weight is 423 g/mol. The molecule has 2 heterocycles. The van der Waals surface area contributed by atoms with E-state index in [9.17, 15) is 9.59 Å². The topological polar surface area (TPSA) is 59.0 Å². The summed E-state index contributed by atoms with van der Waals surface area (Å²) < 4.78 is 6.36. The first-order valence-corrected chi connectivity index (χ1v) is 9.72. The van der Waals surface area contributed by atoms with Gasteiger partial charge in [-0.1, -0.05) is 39.8 Å². The summed E-state index contributed by atoms with van der Waals surface area (Å²) >= 11 is 4.85. The van der Waals surface area contributed by atoms with Crippen LogP contribution >= 0.6 is 27.7 Å². The third-order valence-corrected chi connectivity index (χ3v) is 5.59. The van der Waals surface area contributed by atoms with E-state index in [4.69, 9.17) is 4.74 Å². The lowest BCUT2D eigenvalue weighted by Gasteiger charge is -2.33. The molecule has 2 atom stereocenters. The number of carbonyl (C=O) groups is 2. The number of aliphatic imine (C=N–C) groups is 1. The van der Waals surface area contributed by atoms with Gasteiger partial charge < -0.3 is 4.74 Å². The van der Waals surface area contributed by atoms with E-state index in [-0.39, 0.29) is 17.3 Å². The van der Waals surface area contributed by atoms with Crippen molar-refractivity contribution < 1.29 is 14.3 Å². The van der Waals surface area contributed by atoms with Gasteiger partial charge in [0.15, 0.2) is 5.17 Å².